The van der Waals surface area contributed by atoms with Crippen molar-refractivity contribution >= 4 is 22.1 Å². The summed E-state index contributed by atoms with van der Waals surface area (Å²) in [6, 6.07) is 0.651. The average Bonchev–Trinajstić information content (AvgIpc) is 2.94. The molecule has 1 atom stereocenters. The molecule has 0 radical (unpaired) electrons. The molecule has 0 bridgehead atoms. The van der Waals surface area contributed by atoms with E-state index in [9.17, 15) is 0 Å². The van der Waals surface area contributed by atoms with Crippen molar-refractivity contribution in [1.82, 2.24) is 14.7 Å². The van der Waals surface area contributed by atoms with Gasteiger partial charge in [0.15, 0.2) is 10.8 Å². The summed E-state index contributed by atoms with van der Waals surface area (Å²) in [6.07, 6.45) is 8.67. The highest BCUT2D eigenvalue weighted by atomic mass is 32.1. The number of nitrogens with one attached hydrogen (secondary N) is 1. The van der Waals surface area contributed by atoms with Crippen LogP contribution in [0.4, 0.5) is 5.82 Å². The molecule has 1 aliphatic rings. The van der Waals surface area contributed by atoms with Crippen molar-refractivity contribution in [2.24, 2.45) is 0 Å². The summed E-state index contributed by atoms with van der Waals surface area (Å²) in [5.74, 6) is 1.21. The van der Waals surface area contributed by atoms with Gasteiger partial charge in [-0.2, -0.15) is 0 Å². The first kappa shape index (κ1) is 13.9. The van der Waals surface area contributed by atoms with E-state index < -0.39 is 0 Å². The molecule has 3 heterocycles. The van der Waals surface area contributed by atoms with Crippen molar-refractivity contribution in [1.29, 1.82) is 0 Å². The molecular formula is C15H24N4S. The number of anilines is 1. The normalized spacial score (nSPS) is 20.5. The van der Waals surface area contributed by atoms with Crippen molar-refractivity contribution in [3.63, 3.8) is 0 Å². The molecule has 0 spiro atoms. The number of hydrogen-bond donors (Lipinski definition) is 1. The van der Waals surface area contributed by atoms with Gasteiger partial charge in [0.25, 0.3) is 0 Å². The van der Waals surface area contributed by atoms with E-state index in [4.69, 9.17) is 4.98 Å². The number of nitrogens with zero attached hydrogens (tertiary/aromatic N) is 3. The van der Waals surface area contributed by atoms with Crippen molar-refractivity contribution in [3.05, 3.63) is 17.3 Å². The molecule has 2 aromatic heterocycles. The quantitative estimate of drug-likeness (QED) is 0.938. The highest BCUT2D eigenvalue weighted by Gasteiger charge is 2.25. The fourth-order valence-corrected chi connectivity index (χ4v) is 3.99. The summed E-state index contributed by atoms with van der Waals surface area (Å²) < 4.78 is 2.24. The third-order valence-electron chi connectivity index (χ3n) is 4.30. The Morgan fingerprint density at radius 3 is 3.10 bits per heavy atom. The number of fused-ring (bicyclic) bond motifs is 1. The molecule has 5 heteroatoms. The molecule has 1 saturated heterocycles. The van der Waals surface area contributed by atoms with Crippen LogP contribution in [0, 0.1) is 0 Å². The molecule has 0 aliphatic carbocycles. The largest absolute Gasteiger partial charge is 0.352 e. The lowest BCUT2D eigenvalue weighted by Crippen LogP contribution is -2.35. The molecule has 0 amide bonds. The van der Waals surface area contributed by atoms with Gasteiger partial charge in [0.2, 0.25) is 0 Å². The first-order valence-electron chi connectivity index (χ1n) is 7.70. The van der Waals surface area contributed by atoms with E-state index in [1.54, 1.807) is 11.3 Å². The lowest BCUT2D eigenvalue weighted by molar-refractivity contribution is 0.550. The monoisotopic (exact) mass is 292 g/mol. The van der Waals surface area contributed by atoms with Crippen LogP contribution in [-0.4, -0.2) is 29.0 Å². The van der Waals surface area contributed by atoms with Gasteiger partial charge in [-0.15, -0.1) is 11.3 Å². The van der Waals surface area contributed by atoms with Gasteiger partial charge in [0.1, 0.15) is 0 Å². The van der Waals surface area contributed by atoms with E-state index >= 15 is 0 Å². The van der Waals surface area contributed by atoms with E-state index in [0.717, 1.165) is 18.1 Å². The fourth-order valence-electron chi connectivity index (χ4n) is 3.26. The Morgan fingerprint density at radius 2 is 2.30 bits per heavy atom. The van der Waals surface area contributed by atoms with Crippen molar-refractivity contribution < 1.29 is 0 Å². The lowest BCUT2D eigenvalue weighted by Gasteiger charge is -2.30. The molecule has 4 nitrogen and oxygen atoms in total. The summed E-state index contributed by atoms with van der Waals surface area (Å²) in [7, 11) is 2.01. The zero-order valence-electron chi connectivity index (χ0n) is 12.4. The zero-order valence-corrected chi connectivity index (χ0v) is 13.2. The van der Waals surface area contributed by atoms with E-state index in [-0.39, 0.29) is 0 Å². The summed E-state index contributed by atoms with van der Waals surface area (Å²) in [4.78, 5) is 8.61. The summed E-state index contributed by atoms with van der Waals surface area (Å²) in [5, 5.41) is 5.41. The predicted octanol–water partition coefficient (Wildman–Crippen LogP) is 3.27. The summed E-state index contributed by atoms with van der Waals surface area (Å²) in [6.45, 7) is 4.33. The highest BCUT2D eigenvalue weighted by molar-refractivity contribution is 7.15. The molecule has 1 fully saturated rings. The Balaban J connectivity index is 2.01. The number of rotatable bonds is 4. The molecule has 110 valence electrons. The minimum Gasteiger partial charge on any atom is -0.352 e. The fraction of sp³-hybridized carbons (Fsp3) is 0.667. The van der Waals surface area contributed by atoms with Gasteiger partial charge in [-0.05, 0) is 26.3 Å². The third-order valence-corrected chi connectivity index (χ3v) is 5.06. The smallest absolute Gasteiger partial charge is 0.195 e. The Morgan fingerprint density at radius 1 is 1.40 bits per heavy atom. The van der Waals surface area contributed by atoms with Gasteiger partial charge >= 0.3 is 0 Å². The van der Waals surface area contributed by atoms with Gasteiger partial charge in [-0.1, -0.05) is 19.8 Å². The number of imidazole rings is 1. The van der Waals surface area contributed by atoms with Gasteiger partial charge < -0.3 is 10.2 Å². The molecule has 1 aliphatic heterocycles. The standard InChI is InChI=1S/C15H24N4S/c1-3-12-7-5-4-6-8-18(12)14-13(11-16-2)19-9-10-20-15(19)17-14/h9-10,12,16H,3-8,11H2,1-2H3. The van der Waals surface area contributed by atoms with Gasteiger partial charge in [-0.25, -0.2) is 4.98 Å². The van der Waals surface area contributed by atoms with Gasteiger partial charge in [0, 0.05) is 30.7 Å². The van der Waals surface area contributed by atoms with Crippen molar-refractivity contribution in [2.75, 3.05) is 18.5 Å². The van der Waals surface area contributed by atoms with Crippen LogP contribution in [0.3, 0.4) is 0 Å². The van der Waals surface area contributed by atoms with Gasteiger partial charge in [0.05, 0.1) is 5.69 Å². The molecule has 20 heavy (non-hydrogen) atoms. The molecule has 3 rings (SSSR count). The molecule has 1 N–H and O–H groups in total. The zero-order chi connectivity index (χ0) is 13.9. The maximum absolute atomic E-state index is 4.92. The summed E-state index contributed by atoms with van der Waals surface area (Å²) in [5.41, 5.74) is 1.31. The minimum atomic E-state index is 0.651. The highest BCUT2D eigenvalue weighted by Crippen LogP contribution is 2.30. The van der Waals surface area contributed by atoms with Crippen LogP contribution in [0.25, 0.3) is 4.96 Å². The maximum Gasteiger partial charge on any atom is 0.195 e. The van der Waals surface area contributed by atoms with Crippen LogP contribution in [0.5, 0.6) is 0 Å². The summed E-state index contributed by atoms with van der Waals surface area (Å²) >= 11 is 1.72. The number of aromatic nitrogens is 2. The molecule has 0 aromatic carbocycles. The van der Waals surface area contributed by atoms with Gasteiger partial charge in [-0.3, -0.25) is 4.40 Å². The van der Waals surface area contributed by atoms with Crippen LogP contribution in [0.2, 0.25) is 0 Å². The second-order valence-corrected chi connectivity index (χ2v) is 6.45. The Labute approximate surface area is 124 Å². The van der Waals surface area contributed by atoms with E-state index in [2.05, 4.69) is 33.1 Å². The topological polar surface area (TPSA) is 32.6 Å². The van der Waals surface area contributed by atoms with Crippen LogP contribution in [0.1, 0.15) is 44.7 Å². The molecule has 2 aromatic rings. The van der Waals surface area contributed by atoms with Crippen LogP contribution < -0.4 is 10.2 Å². The SMILES string of the molecule is CCC1CCCCCN1c1nc2sccn2c1CNC. The third kappa shape index (κ3) is 2.44. The molecular weight excluding hydrogens is 268 g/mol. The van der Waals surface area contributed by atoms with Crippen molar-refractivity contribution in [2.45, 2.75) is 51.6 Å². The second kappa shape index (κ2) is 6.14. The predicted molar refractivity (Wildman–Crippen MR) is 85.7 cm³/mol. The first-order chi connectivity index (χ1) is 9.85. The minimum absolute atomic E-state index is 0.651. The van der Waals surface area contributed by atoms with E-state index in [1.165, 1.54) is 43.6 Å². The second-order valence-electron chi connectivity index (χ2n) is 5.57. The van der Waals surface area contributed by atoms with Crippen LogP contribution in [0.15, 0.2) is 11.6 Å². The average molecular weight is 292 g/mol. The maximum atomic E-state index is 4.92. The number of thiazole rings is 1. The van der Waals surface area contributed by atoms with E-state index in [1.807, 2.05) is 7.05 Å². The van der Waals surface area contributed by atoms with Crippen LogP contribution in [-0.2, 0) is 6.54 Å². The molecule has 1 unspecified atom stereocenters. The first-order valence-corrected chi connectivity index (χ1v) is 8.58. The van der Waals surface area contributed by atoms with Crippen molar-refractivity contribution in [3.8, 4) is 0 Å². The molecule has 0 saturated carbocycles. The Kier molecular flexibility index (Phi) is 4.27. The van der Waals surface area contributed by atoms with Crippen LogP contribution >= 0.6 is 11.3 Å². The lowest BCUT2D eigenvalue weighted by atomic mass is 10.1. The number of hydrogen-bond acceptors (Lipinski definition) is 4. The van der Waals surface area contributed by atoms with E-state index in [0.29, 0.717) is 6.04 Å². The Bertz CT molecular complexity index is 559. The Hall–Kier alpha value is -1.07.